The van der Waals surface area contributed by atoms with Crippen LogP contribution in [0.1, 0.15) is 53.4 Å². The molecule has 0 radical (unpaired) electrons. The van der Waals surface area contributed by atoms with Crippen LogP contribution in [0.25, 0.3) is 0 Å². The van der Waals surface area contributed by atoms with Gasteiger partial charge in [0, 0.05) is 31.7 Å². The van der Waals surface area contributed by atoms with Crippen LogP contribution in [0.2, 0.25) is 0 Å². The Balaban J connectivity index is 1.91. The number of hydrogen-bond acceptors (Lipinski definition) is 3. The average molecular weight is 268 g/mol. The van der Waals surface area contributed by atoms with Crippen molar-refractivity contribution in [3.8, 4) is 0 Å². The van der Waals surface area contributed by atoms with Crippen LogP contribution in [0.3, 0.4) is 0 Å². The van der Waals surface area contributed by atoms with E-state index in [0.29, 0.717) is 30.2 Å². The maximum Gasteiger partial charge on any atom is 0.0706 e. The van der Waals surface area contributed by atoms with E-state index in [9.17, 15) is 0 Å². The van der Waals surface area contributed by atoms with E-state index in [1.165, 1.54) is 32.2 Å². The molecule has 0 bridgehead atoms. The molecule has 0 amide bonds. The fraction of sp³-hybridized carbons (Fsp3) is 1.00. The van der Waals surface area contributed by atoms with Crippen LogP contribution in [0.15, 0.2) is 0 Å². The molecule has 0 aliphatic carbocycles. The van der Waals surface area contributed by atoms with Crippen molar-refractivity contribution in [2.75, 3.05) is 19.6 Å². The number of piperazine rings is 1. The summed E-state index contributed by atoms with van der Waals surface area (Å²) in [5.41, 5.74) is 0. The third-order valence-electron chi connectivity index (χ3n) is 4.70. The molecule has 19 heavy (non-hydrogen) atoms. The minimum Gasteiger partial charge on any atom is -0.374 e. The third-order valence-corrected chi connectivity index (χ3v) is 4.70. The van der Waals surface area contributed by atoms with Gasteiger partial charge in [-0.3, -0.25) is 4.90 Å². The predicted octanol–water partition coefficient (Wildman–Crippen LogP) is 2.65. The Morgan fingerprint density at radius 3 is 2.68 bits per heavy atom. The summed E-state index contributed by atoms with van der Waals surface area (Å²) in [5, 5.41) is 3.73. The lowest BCUT2D eigenvalue weighted by atomic mass is 9.96. The van der Waals surface area contributed by atoms with Crippen molar-refractivity contribution >= 4 is 0 Å². The molecule has 0 aromatic heterocycles. The maximum atomic E-state index is 6.03. The second kappa shape index (κ2) is 7.05. The van der Waals surface area contributed by atoms with Gasteiger partial charge in [-0.05, 0) is 32.1 Å². The zero-order valence-electron chi connectivity index (χ0n) is 13.2. The van der Waals surface area contributed by atoms with Crippen LogP contribution < -0.4 is 5.32 Å². The summed E-state index contributed by atoms with van der Waals surface area (Å²) in [4.78, 5) is 2.70. The number of rotatable bonds is 5. The molecular weight excluding hydrogens is 236 g/mol. The molecule has 2 aliphatic rings. The van der Waals surface area contributed by atoms with E-state index in [2.05, 4.69) is 37.9 Å². The van der Waals surface area contributed by atoms with Crippen molar-refractivity contribution in [3.05, 3.63) is 0 Å². The van der Waals surface area contributed by atoms with Crippen LogP contribution in [-0.2, 0) is 4.74 Å². The zero-order chi connectivity index (χ0) is 13.8. The van der Waals surface area contributed by atoms with E-state index >= 15 is 0 Å². The Bertz CT molecular complexity index is 269. The molecule has 0 saturated carbocycles. The second-order valence-electron chi connectivity index (χ2n) is 6.81. The van der Waals surface area contributed by atoms with Crippen LogP contribution in [0.4, 0.5) is 0 Å². The molecule has 3 heteroatoms. The normalized spacial score (nSPS) is 37.1. The highest BCUT2D eigenvalue weighted by atomic mass is 16.5. The Morgan fingerprint density at radius 1 is 1.32 bits per heavy atom. The highest BCUT2D eigenvalue weighted by Gasteiger charge is 2.32. The molecular formula is C16H32N2O. The van der Waals surface area contributed by atoms with Crippen molar-refractivity contribution in [1.29, 1.82) is 0 Å². The first-order chi connectivity index (χ1) is 9.10. The van der Waals surface area contributed by atoms with Gasteiger partial charge in [0.05, 0.1) is 12.2 Å². The topological polar surface area (TPSA) is 24.5 Å². The van der Waals surface area contributed by atoms with Crippen molar-refractivity contribution in [1.82, 2.24) is 10.2 Å². The van der Waals surface area contributed by atoms with E-state index in [0.717, 1.165) is 13.1 Å². The summed E-state index contributed by atoms with van der Waals surface area (Å²) in [6.45, 7) is 12.7. The first kappa shape index (κ1) is 15.3. The molecule has 0 aromatic rings. The third kappa shape index (κ3) is 4.17. The first-order valence-corrected chi connectivity index (χ1v) is 8.23. The van der Waals surface area contributed by atoms with Crippen LogP contribution >= 0.6 is 0 Å². The Kier molecular flexibility index (Phi) is 5.67. The molecule has 1 N–H and O–H groups in total. The molecule has 3 nitrogen and oxygen atoms in total. The summed E-state index contributed by atoms with van der Waals surface area (Å²) in [5.74, 6) is 0.717. The summed E-state index contributed by atoms with van der Waals surface area (Å²) >= 11 is 0. The molecule has 2 rings (SSSR count). The lowest BCUT2D eigenvalue weighted by molar-refractivity contribution is 0.00227. The number of ether oxygens (including phenoxy) is 1. The highest BCUT2D eigenvalue weighted by molar-refractivity contribution is 4.89. The van der Waals surface area contributed by atoms with Gasteiger partial charge in [0.2, 0.25) is 0 Å². The molecule has 2 aliphatic heterocycles. The highest BCUT2D eigenvalue weighted by Crippen LogP contribution is 2.23. The van der Waals surface area contributed by atoms with Crippen LogP contribution in [0, 0.1) is 5.92 Å². The first-order valence-electron chi connectivity index (χ1n) is 8.23. The quantitative estimate of drug-likeness (QED) is 0.829. The van der Waals surface area contributed by atoms with Gasteiger partial charge in [-0.2, -0.15) is 0 Å². The molecule has 0 aromatic carbocycles. The summed E-state index contributed by atoms with van der Waals surface area (Å²) in [6.07, 6.45) is 5.99. The fourth-order valence-corrected chi connectivity index (χ4v) is 3.59. The fourth-order valence-electron chi connectivity index (χ4n) is 3.59. The number of nitrogens with zero attached hydrogens (tertiary/aromatic N) is 1. The van der Waals surface area contributed by atoms with Crippen molar-refractivity contribution in [2.24, 2.45) is 5.92 Å². The van der Waals surface area contributed by atoms with Gasteiger partial charge in [0.15, 0.2) is 0 Å². The molecule has 112 valence electrons. The predicted molar refractivity (Wildman–Crippen MR) is 80.5 cm³/mol. The maximum absolute atomic E-state index is 6.03. The second-order valence-corrected chi connectivity index (χ2v) is 6.81. The largest absolute Gasteiger partial charge is 0.374 e. The minimum atomic E-state index is 0.469. The molecule has 2 heterocycles. The molecule has 4 atom stereocenters. The van der Waals surface area contributed by atoms with Gasteiger partial charge in [-0.15, -0.1) is 0 Å². The summed E-state index contributed by atoms with van der Waals surface area (Å²) in [7, 11) is 0. The molecule has 0 spiro atoms. The van der Waals surface area contributed by atoms with Crippen LogP contribution in [0.5, 0.6) is 0 Å². The van der Waals surface area contributed by atoms with Crippen molar-refractivity contribution < 1.29 is 4.74 Å². The Hall–Kier alpha value is -0.120. The monoisotopic (exact) mass is 268 g/mol. The van der Waals surface area contributed by atoms with E-state index in [1.54, 1.807) is 0 Å². The van der Waals surface area contributed by atoms with E-state index in [-0.39, 0.29) is 0 Å². The Morgan fingerprint density at radius 2 is 2.11 bits per heavy atom. The van der Waals surface area contributed by atoms with Crippen molar-refractivity contribution in [3.63, 3.8) is 0 Å². The number of nitrogens with one attached hydrogen (secondary N) is 1. The van der Waals surface area contributed by atoms with Gasteiger partial charge < -0.3 is 10.1 Å². The van der Waals surface area contributed by atoms with Gasteiger partial charge in [-0.25, -0.2) is 0 Å². The standard InChI is InChI=1S/C16H32N2O/c1-5-6-14-10-18(16(9-17-14)12(2)3)11-15-8-7-13(4)19-15/h12-17H,5-11H2,1-4H3. The lowest BCUT2D eigenvalue weighted by Gasteiger charge is -2.43. The van der Waals surface area contributed by atoms with Gasteiger partial charge >= 0.3 is 0 Å². The molecule has 2 fully saturated rings. The zero-order valence-corrected chi connectivity index (χ0v) is 13.2. The smallest absolute Gasteiger partial charge is 0.0706 e. The van der Waals surface area contributed by atoms with Gasteiger partial charge in [0.25, 0.3) is 0 Å². The van der Waals surface area contributed by atoms with E-state index < -0.39 is 0 Å². The molecule has 2 saturated heterocycles. The molecule has 4 unspecified atom stereocenters. The summed E-state index contributed by atoms with van der Waals surface area (Å²) in [6, 6.07) is 1.35. The van der Waals surface area contributed by atoms with Crippen molar-refractivity contribution in [2.45, 2.75) is 77.7 Å². The van der Waals surface area contributed by atoms with Crippen LogP contribution in [-0.4, -0.2) is 48.8 Å². The lowest BCUT2D eigenvalue weighted by Crippen LogP contribution is -2.59. The number of hydrogen-bond donors (Lipinski definition) is 1. The summed E-state index contributed by atoms with van der Waals surface area (Å²) < 4.78 is 6.03. The van der Waals surface area contributed by atoms with E-state index in [1.807, 2.05) is 0 Å². The van der Waals surface area contributed by atoms with E-state index in [4.69, 9.17) is 4.74 Å². The minimum absolute atomic E-state index is 0.469. The Labute approximate surface area is 119 Å². The van der Waals surface area contributed by atoms with Gasteiger partial charge in [0.1, 0.15) is 0 Å². The average Bonchev–Trinajstić information content (AvgIpc) is 2.75. The SMILES string of the molecule is CCCC1CN(CC2CCC(C)O2)C(C(C)C)CN1. The van der Waals surface area contributed by atoms with Gasteiger partial charge in [-0.1, -0.05) is 27.2 Å².